The molecule has 3 heterocycles. The summed E-state index contributed by atoms with van der Waals surface area (Å²) in [7, 11) is 0. The van der Waals surface area contributed by atoms with Crippen LogP contribution in [0, 0.1) is 0 Å². The van der Waals surface area contributed by atoms with Gasteiger partial charge in [0.2, 0.25) is 28.3 Å². The van der Waals surface area contributed by atoms with E-state index in [9.17, 15) is 27.9 Å². The Bertz CT molecular complexity index is 1240. The average molecular weight is 602 g/mol. The van der Waals surface area contributed by atoms with Crippen LogP contribution in [0.1, 0.15) is 28.4 Å². The quantitative estimate of drug-likeness (QED) is 0.267. The van der Waals surface area contributed by atoms with Crippen LogP contribution in [0.5, 0.6) is 0 Å². The molecule has 210 valence electrons. The fraction of sp³-hybridized carbons (Fsp3) is 0.478. The molecule has 3 aromatic rings. The van der Waals surface area contributed by atoms with Gasteiger partial charge >= 0.3 is 6.18 Å². The average Bonchev–Trinajstić information content (AvgIpc) is 3.65. The molecule has 1 saturated heterocycles. The lowest BCUT2D eigenvalue weighted by molar-refractivity contribution is -0.251. The van der Waals surface area contributed by atoms with Crippen LogP contribution in [0.15, 0.2) is 30.3 Å². The number of hydrogen-bond donors (Lipinski definition) is 3. The van der Waals surface area contributed by atoms with Crippen molar-refractivity contribution in [3.63, 3.8) is 0 Å². The molecule has 4 rings (SSSR count). The Hall–Kier alpha value is -2.66. The minimum Gasteiger partial charge on any atom is -0.370 e. The van der Waals surface area contributed by atoms with E-state index < -0.39 is 24.4 Å². The first-order chi connectivity index (χ1) is 18.7. The van der Waals surface area contributed by atoms with Gasteiger partial charge in [-0.05, 0) is 29.9 Å². The number of aromatic nitrogens is 4. The predicted molar refractivity (Wildman–Crippen MR) is 144 cm³/mol. The highest BCUT2D eigenvalue weighted by Crippen LogP contribution is 2.30. The molecule has 39 heavy (non-hydrogen) atoms. The minimum absolute atomic E-state index is 0.0153. The lowest BCUT2D eigenvalue weighted by Crippen LogP contribution is -2.51. The van der Waals surface area contributed by atoms with Crippen molar-refractivity contribution >= 4 is 56.5 Å². The van der Waals surface area contributed by atoms with E-state index in [1.165, 1.54) is 22.7 Å². The third kappa shape index (κ3) is 8.66. The number of aryl methyl sites for hydroxylation is 2. The van der Waals surface area contributed by atoms with Crippen LogP contribution in [0.4, 0.5) is 23.4 Å². The van der Waals surface area contributed by atoms with Gasteiger partial charge in [0.05, 0.1) is 12.5 Å². The standard InChI is InChI=1S/C23H26F3N7O3S3/c24-23(25,26)20(36)33-10-4-7-15(33)19(35)28-22-32-30-18(39-22)9-12-37-11-8-17-29-31-21(38-17)27-16(34)13-14-5-2-1-3-6-14/h1-3,5-6,15,20,36H,4,7-13H2,(H,27,31,34)(H,28,32,35)/t15-,20?/m0/s1. The van der Waals surface area contributed by atoms with Crippen LogP contribution in [-0.2, 0) is 28.9 Å². The molecule has 1 fully saturated rings. The number of carbonyl (C=O) groups excluding carboxylic acids is 2. The number of alkyl halides is 3. The highest BCUT2D eigenvalue weighted by molar-refractivity contribution is 7.99. The summed E-state index contributed by atoms with van der Waals surface area (Å²) in [5.41, 5.74) is 0.919. The number of halogens is 3. The zero-order chi connectivity index (χ0) is 27.8. The van der Waals surface area contributed by atoms with Crippen molar-refractivity contribution < 1.29 is 27.9 Å². The number of hydrogen-bond acceptors (Lipinski definition) is 11. The minimum atomic E-state index is -4.83. The molecule has 0 radical (unpaired) electrons. The Balaban J connectivity index is 1.14. The van der Waals surface area contributed by atoms with Gasteiger partial charge in [-0.25, -0.2) is 0 Å². The SMILES string of the molecule is O=C(Cc1ccccc1)Nc1nnc(CCSCCc2nnc(NC(=O)[C@@H]3CCCN3C(O)C(F)(F)F)s2)s1. The smallest absolute Gasteiger partial charge is 0.370 e. The van der Waals surface area contributed by atoms with Crippen LogP contribution in [0.3, 0.4) is 0 Å². The molecule has 3 N–H and O–H groups in total. The number of likely N-dealkylation sites (tertiary alicyclic amines) is 1. The van der Waals surface area contributed by atoms with E-state index in [2.05, 4.69) is 31.0 Å². The lowest BCUT2D eigenvalue weighted by Gasteiger charge is -2.29. The van der Waals surface area contributed by atoms with E-state index in [4.69, 9.17) is 0 Å². The van der Waals surface area contributed by atoms with Gasteiger partial charge in [0.1, 0.15) is 10.0 Å². The van der Waals surface area contributed by atoms with Crippen LogP contribution >= 0.6 is 34.4 Å². The normalized spacial score (nSPS) is 16.8. The van der Waals surface area contributed by atoms with Crippen LogP contribution in [0.2, 0.25) is 0 Å². The molecule has 16 heteroatoms. The van der Waals surface area contributed by atoms with Crippen LogP contribution < -0.4 is 10.6 Å². The van der Waals surface area contributed by atoms with E-state index >= 15 is 0 Å². The van der Waals surface area contributed by atoms with Crippen molar-refractivity contribution in [1.82, 2.24) is 25.3 Å². The first-order valence-electron chi connectivity index (χ1n) is 12.1. The zero-order valence-corrected chi connectivity index (χ0v) is 23.0. The van der Waals surface area contributed by atoms with Crippen LogP contribution in [0.25, 0.3) is 0 Å². The number of aliphatic hydroxyl groups excluding tert-OH is 1. The molecule has 1 aliphatic rings. The second-order valence-electron chi connectivity index (χ2n) is 8.63. The molecule has 0 saturated carbocycles. The van der Waals surface area contributed by atoms with Gasteiger partial charge in [-0.1, -0.05) is 53.0 Å². The first-order valence-corrected chi connectivity index (χ1v) is 14.9. The number of amides is 2. The van der Waals surface area contributed by atoms with E-state index in [1.807, 2.05) is 30.3 Å². The largest absolute Gasteiger partial charge is 0.428 e. The molecule has 2 amide bonds. The van der Waals surface area contributed by atoms with Gasteiger partial charge in [-0.15, -0.1) is 20.4 Å². The van der Waals surface area contributed by atoms with E-state index in [-0.39, 0.29) is 30.4 Å². The Morgan fingerprint density at radius 2 is 1.64 bits per heavy atom. The third-order valence-corrected chi connectivity index (χ3v) is 8.52. The van der Waals surface area contributed by atoms with E-state index in [0.717, 1.165) is 27.0 Å². The van der Waals surface area contributed by atoms with E-state index in [0.29, 0.717) is 29.4 Å². The molecule has 2 atom stereocenters. The highest BCUT2D eigenvalue weighted by atomic mass is 32.2. The molecule has 0 bridgehead atoms. The second kappa shape index (κ2) is 13.6. The molecule has 2 aromatic heterocycles. The molecule has 1 unspecified atom stereocenters. The number of aliphatic hydroxyl groups is 1. The Kier molecular flexibility index (Phi) is 10.2. The third-order valence-electron chi connectivity index (χ3n) is 5.74. The summed E-state index contributed by atoms with van der Waals surface area (Å²) in [6.07, 6.45) is -5.34. The number of rotatable bonds is 12. The zero-order valence-electron chi connectivity index (χ0n) is 20.6. The van der Waals surface area contributed by atoms with Crippen molar-refractivity contribution in [2.45, 2.75) is 50.6 Å². The summed E-state index contributed by atoms with van der Waals surface area (Å²) in [6.45, 7) is -0.0153. The van der Waals surface area contributed by atoms with Gasteiger partial charge in [0, 0.05) is 19.4 Å². The van der Waals surface area contributed by atoms with Gasteiger partial charge in [0.15, 0.2) is 0 Å². The van der Waals surface area contributed by atoms with Gasteiger partial charge in [-0.3, -0.25) is 19.8 Å². The van der Waals surface area contributed by atoms with Crippen molar-refractivity contribution in [3.8, 4) is 0 Å². The molecule has 1 aliphatic heterocycles. The fourth-order valence-corrected chi connectivity index (χ4v) is 6.55. The van der Waals surface area contributed by atoms with Crippen molar-refractivity contribution in [3.05, 3.63) is 45.9 Å². The molecule has 0 aliphatic carbocycles. The Morgan fingerprint density at radius 1 is 1.03 bits per heavy atom. The van der Waals surface area contributed by atoms with Crippen molar-refractivity contribution in [1.29, 1.82) is 0 Å². The summed E-state index contributed by atoms with van der Waals surface area (Å²) in [5, 5.41) is 33.1. The topological polar surface area (TPSA) is 133 Å². The molecule has 10 nitrogen and oxygen atoms in total. The highest BCUT2D eigenvalue weighted by Gasteiger charge is 2.48. The second-order valence-corrected chi connectivity index (χ2v) is 12.0. The number of nitrogens with zero attached hydrogens (tertiary/aromatic N) is 5. The summed E-state index contributed by atoms with van der Waals surface area (Å²) < 4.78 is 38.7. The van der Waals surface area contributed by atoms with Gasteiger partial charge in [-0.2, -0.15) is 24.9 Å². The number of carbonyl (C=O) groups is 2. The first kappa shape index (κ1) is 29.3. The van der Waals surface area contributed by atoms with Crippen LogP contribution in [-0.4, -0.2) is 78.7 Å². The molecular formula is C23H26F3N7O3S3. The van der Waals surface area contributed by atoms with E-state index in [1.54, 1.807) is 11.8 Å². The maximum absolute atomic E-state index is 12.9. The molecule has 0 spiro atoms. The number of benzene rings is 1. The monoisotopic (exact) mass is 601 g/mol. The fourth-order valence-electron chi connectivity index (χ4n) is 3.92. The summed E-state index contributed by atoms with van der Waals surface area (Å²) >= 11 is 4.19. The Labute approximate surface area is 234 Å². The van der Waals surface area contributed by atoms with Gasteiger partial charge < -0.3 is 10.4 Å². The molecular weight excluding hydrogens is 575 g/mol. The number of anilines is 2. The number of thioether (sulfide) groups is 1. The predicted octanol–water partition coefficient (Wildman–Crippen LogP) is 3.37. The maximum atomic E-state index is 12.9. The van der Waals surface area contributed by atoms with Gasteiger partial charge in [0.25, 0.3) is 0 Å². The summed E-state index contributed by atoms with van der Waals surface area (Å²) in [4.78, 5) is 25.4. The summed E-state index contributed by atoms with van der Waals surface area (Å²) in [6, 6.07) is 8.35. The Morgan fingerprint density at radius 3 is 2.26 bits per heavy atom. The summed E-state index contributed by atoms with van der Waals surface area (Å²) in [5.74, 6) is 0.746. The van der Waals surface area contributed by atoms with Crippen molar-refractivity contribution in [2.24, 2.45) is 0 Å². The maximum Gasteiger partial charge on any atom is 0.428 e. The number of nitrogens with one attached hydrogen (secondary N) is 2. The lowest BCUT2D eigenvalue weighted by atomic mass is 10.1. The molecule has 1 aromatic carbocycles. The van der Waals surface area contributed by atoms with Crippen molar-refractivity contribution in [2.75, 3.05) is 28.7 Å².